The summed E-state index contributed by atoms with van der Waals surface area (Å²) in [7, 11) is 0. The van der Waals surface area contributed by atoms with Crippen LogP contribution < -0.4 is 19.5 Å². The molecule has 0 spiro atoms. The molecule has 0 fully saturated rings. The van der Waals surface area contributed by atoms with Crippen LogP contribution in [0.2, 0.25) is 0 Å². The molecule has 5 nitrogen and oxygen atoms in total. The number of aryl methyl sites for hydroxylation is 2. The highest BCUT2D eigenvalue weighted by molar-refractivity contribution is 7.16. The number of carbonyl (C=O) groups excluding carboxylic acids is 1. The van der Waals surface area contributed by atoms with Crippen LogP contribution in [-0.4, -0.2) is 25.7 Å². The number of ether oxygens (including phenoxy) is 3. The molecule has 0 aliphatic rings. The van der Waals surface area contributed by atoms with Gasteiger partial charge in [-0.05, 0) is 58.4 Å². The van der Waals surface area contributed by atoms with E-state index >= 15 is 0 Å². The Morgan fingerprint density at radius 3 is 1.96 bits per heavy atom. The minimum Gasteiger partial charge on any atom is -0.490 e. The first-order valence-corrected chi connectivity index (χ1v) is 9.26. The van der Waals surface area contributed by atoms with Crippen LogP contribution in [0, 0.1) is 13.8 Å². The zero-order chi connectivity index (χ0) is 18.4. The summed E-state index contributed by atoms with van der Waals surface area (Å²) in [5.74, 6) is 1.36. The lowest BCUT2D eigenvalue weighted by Crippen LogP contribution is -2.12. The molecule has 1 N–H and O–H groups in total. The first-order chi connectivity index (χ1) is 12.0. The van der Waals surface area contributed by atoms with E-state index in [0.717, 1.165) is 10.6 Å². The fourth-order valence-corrected chi connectivity index (χ4v) is 3.27. The lowest BCUT2D eigenvalue weighted by molar-refractivity contribution is 0.102. The lowest BCUT2D eigenvalue weighted by Gasteiger charge is -2.17. The van der Waals surface area contributed by atoms with E-state index in [1.54, 1.807) is 23.5 Å². The van der Waals surface area contributed by atoms with Crippen molar-refractivity contribution >= 4 is 22.2 Å². The van der Waals surface area contributed by atoms with E-state index in [2.05, 4.69) is 5.32 Å². The Hall–Kier alpha value is -2.21. The minimum absolute atomic E-state index is 0.203. The summed E-state index contributed by atoms with van der Waals surface area (Å²) < 4.78 is 17.0. The smallest absolute Gasteiger partial charge is 0.256 e. The topological polar surface area (TPSA) is 56.8 Å². The van der Waals surface area contributed by atoms with Gasteiger partial charge in [-0.2, -0.15) is 0 Å². The molecule has 0 atom stereocenters. The molecule has 0 bridgehead atoms. The van der Waals surface area contributed by atoms with Crippen molar-refractivity contribution < 1.29 is 19.0 Å². The van der Waals surface area contributed by atoms with Crippen LogP contribution in [-0.2, 0) is 0 Å². The van der Waals surface area contributed by atoms with Gasteiger partial charge in [0.25, 0.3) is 5.91 Å². The van der Waals surface area contributed by atoms with Crippen LogP contribution in [0.3, 0.4) is 0 Å². The quantitative estimate of drug-likeness (QED) is 0.731. The number of rotatable bonds is 8. The van der Waals surface area contributed by atoms with Crippen molar-refractivity contribution in [2.75, 3.05) is 25.1 Å². The predicted octanol–water partition coefficient (Wildman–Crippen LogP) is 4.81. The summed E-state index contributed by atoms with van der Waals surface area (Å²) >= 11 is 1.56. The van der Waals surface area contributed by atoms with Gasteiger partial charge in [-0.3, -0.25) is 4.79 Å². The first kappa shape index (κ1) is 19.1. The summed E-state index contributed by atoms with van der Waals surface area (Å²) in [6.45, 7) is 11.2. The molecule has 1 heterocycles. The molecule has 0 saturated carbocycles. The fourth-order valence-electron chi connectivity index (χ4n) is 2.34. The highest BCUT2D eigenvalue weighted by Crippen LogP contribution is 2.39. The predicted molar refractivity (Wildman–Crippen MR) is 102 cm³/mol. The van der Waals surface area contributed by atoms with Crippen molar-refractivity contribution in [3.63, 3.8) is 0 Å². The number of nitrogens with one attached hydrogen (secondary N) is 1. The molecule has 0 unspecified atom stereocenters. The van der Waals surface area contributed by atoms with Crippen molar-refractivity contribution in [1.82, 2.24) is 0 Å². The Bertz CT molecular complexity index is 693. The molecule has 2 aromatic rings. The highest BCUT2D eigenvalue weighted by Gasteiger charge is 2.19. The Morgan fingerprint density at radius 2 is 1.52 bits per heavy atom. The molecule has 2 rings (SSSR count). The largest absolute Gasteiger partial charge is 0.490 e. The summed E-state index contributed by atoms with van der Waals surface area (Å²) in [5, 5.41) is 3.76. The Labute approximate surface area is 152 Å². The molecule has 0 saturated heterocycles. The summed E-state index contributed by atoms with van der Waals surface area (Å²) in [6.07, 6.45) is 0. The normalized spacial score (nSPS) is 10.4. The van der Waals surface area contributed by atoms with Crippen LogP contribution in [0.15, 0.2) is 18.2 Å². The summed E-state index contributed by atoms with van der Waals surface area (Å²) in [5.41, 5.74) is 1.64. The van der Waals surface area contributed by atoms with Gasteiger partial charge in [0, 0.05) is 10.4 Å². The summed E-state index contributed by atoms with van der Waals surface area (Å²) in [4.78, 5) is 13.8. The van der Waals surface area contributed by atoms with Gasteiger partial charge in [0.1, 0.15) is 0 Å². The van der Waals surface area contributed by atoms with Gasteiger partial charge >= 0.3 is 0 Å². The third kappa shape index (κ3) is 4.66. The van der Waals surface area contributed by atoms with Crippen LogP contribution in [0.4, 0.5) is 5.00 Å². The fraction of sp³-hybridized carbons (Fsp3) is 0.421. The van der Waals surface area contributed by atoms with E-state index in [9.17, 15) is 4.79 Å². The molecule has 136 valence electrons. The molecule has 0 aliphatic heterocycles. The Balaban J connectivity index is 2.36. The van der Waals surface area contributed by atoms with Crippen LogP contribution in [0.5, 0.6) is 17.2 Å². The van der Waals surface area contributed by atoms with Gasteiger partial charge in [0.15, 0.2) is 11.5 Å². The summed E-state index contributed by atoms with van der Waals surface area (Å²) in [6, 6.07) is 5.36. The number of anilines is 1. The monoisotopic (exact) mass is 363 g/mol. The van der Waals surface area contributed by atoms with Gasteiger partial charge in [0.2, 0.25) is 5.75 Å². The molecule has 1 amide bonds. The lowest BCUT2D eigenvalue weighted by atomic mass is 10.1. The zero-order valence-corrected chi connectivity index (χ0v) is 16.2. The van der Waals surface area contributed by atoms with Gasteiger partial charge < -0.3 is 19.5 Å². The second-order valence-electron chi connectivity index (χ2n) is 5.40. The molecule has 0 aliphatic carbocycles. The second kappa shape index (κ2) is 8.76. The van der Waals surface area contributed by atoms with E-state index in [0.29, 0.717) is 42.6 Å². The average molecular weight is 363 g/mol. The third-order valence-electron chi connectivity index (χ3n) is 3.57. The number of carbonyl (C=O) groups is 1. The SMILES string of the molecule is CCOc1cc(C(=O)Nc2cc(C)c(C)s2)cc(OCC)c1OCC. The van der Waals surface area contributed by atoms with Crippen LogP contribution in [0.1, 0.15) is 41.6 Å². The number of thiophene rings is 1. The zero-order valence-electron chi connectivity index (χ0n) is 15.4. The maximum absolute atomic E-state index is 12.7. The molecular weight excluding hydrogens is 338 g/mol. The van der Waals surface area contributed by atoms with Crippen LogP contribution >= 0.6 is 11.3 Å². The van der Waals surface area contributed by atoms with Crippen molar-refractivity contribution in [2.24, 2.45) is 0 Å². The average Bonchev–Trinajstić information content (AvgIpc) is 2.88. The van der Waals surface area contributed by atoms with E-state index in [1.165, 1.54) is 4.88 Å². The Morgan fingerprint density at radius 1 is 0.960 bits per heavy atom. The van der Waals surface area contributed by atoms with Gasteiger partial charge in [-0.1, -0.05) is 0 Å². The molecule has 1 aromatic heterocycles. The number of hydrogen-bond donors (Lipinski definition) is 1. The van der Waals surface area contributed by atoms with Crippen LogP contribution in [0.25, 0.3) is 0 Å². The van der Waals surface area contributed by atoms with Crippen molar-refractivity contribution in [3.8, 4) is 17.2 Å². The van der Waals surface area contributed by atoms with Gasteiger partial charge in [-0.25, -0.2) is 0 Å². The molecule has 0 radical (unpaired) electrons. The number of amides is 1. The second-order valence-corrected chi connectivity index (χ2v) is 6.66. The first-order valence-electron chi connectivity index (χ1n) is 8.44. The minimum atomic E-state index is -0.203. The Kier molecular flexibility index (Phi) is 6.70. The van der Waals surface area contributed by atoms with E-state index < -0.39 is 0 Å². The highest BCUT2D eigenvalue weighted by atomic mass is 32.1. The van der Waals surface area contributed by atoms with E-state index in [4.69, 9.17) is 14.2 Å². The van der Waals surface area contributed by atoms with E-state index in [-0.39, 0.29) is 5.91 Å². The van der Waals surface area contributed by atoms with Crippen molar-refractivity contribution in [1.29, 1.82) is 0 Å². The van der Waals surface area contributed by atoms with Crippen molar-refractivity contribution in [3.05, 3.63) is 34.2 Å². The maximum Gasteiger partial charge on any atom is 0.256 e. The van der Waals surface area contributed by atoms with Crippen molar-refractivity contribution in [2.45, 2.75) is 34.6 Å². The molecule has 25 heavy (non-hydrogen) atoms. The molecule has 1 aromatic carbocycles. The molecular formula is C19H25NO4S. The standard InChI is InChI=1S/C19H25NO4S/c1-6-22-15-10-14(11-16(23-7-2)18(15)24-8-3)19(21)20-17-9-12(4)13(5)25-17/h9-11H,6-8H2,1-5H3,(H,20,21). The van der Waals surface area contributed by atoms with Gasteiger partial charge in [0.05, 0.1) is 24.8 Å². The number of hydrogen-bond acceptors (Lipinski definition) is 5. The van der Waals surface area contributed by atoms with E-state index in [1.807, 2.05) is 40.7 Å². The molecule has 6 heteroatoms. The third-order valence-corrected chi connectivity index (χ3v) is 4.64. The van der Waals surface area contributed by atoms with Gasteiger partial charge in [-0.15, -0.1) is 11.3 Å². The maximum atomic E-state index is 12.7. The number of benzene rings is 1.